The molecule has 3 aromatic carbocycles. The van der Waals surface area contributed by atoms with Crippen LogP contribution in [0.5, 0.6) is 0 Å². The van der Waals surface area contributed by atoms with Crippen molar-refractivity contribution in [3.05, 3.63) is 102 Å². The van der Waals surface area contributed by atoms with E-state index in [-0.39, 0.29) is 17.0 Å². The van der Waals surface area contributed by atoms with Crippen LogP contribution in [0.15, 0.2) is 84.9 Å². The van der Waals surface area contributed by atoms with Gasteiger partial charge in [0.2, 0.25) is 0 Å². The summed E-state index contributed by atoms with van der Waals surface area (Å²) in [6, 6.07) is 25.4. The van der Waals surface area contributed by atoms with Gasteiger partial charge in [0.15, 0.2) is 17.0 Å². The van der Waals surface area contributed by atoms with Crippen molar-refractivity contribution >= 4 is 22.3 Å². The van der Waals surface area contributed by atoms with Crippen LogP contribution in [0.25, 0.3) is 27.7 Å². The van der Waals surface area contributed by atoms with Crippen LogP contribution in [0.4, 0.5) is 13.2 Å². The summed E-state index contributed by atoms with van der Waals surface area (Å²) >= 11 is 0. The van der Waals surface area contributed by atoms with E-state index in [4.69, 9.17) is 0 Å². The standard InChI is InChI=1S/C29H24F3N5O/c30-29(31,32)26-17-24(23-11-10-21-8-4-5-9-22(21)16-23)33-27-18-25(34-37(26)27)28(38)36-14-12-35(13-15-36)19-20-6-2-1-3-7-20/h1-11,16-18H,12-15,19H2. The molecule has 6 rings (SSSR count). The lowest BCUT2D eigenvalue weighted by Crippen LogP contribution is -2.48. The third-order valence-corrected chi connectivity index (χ3v) is 6.89. The number of halogens is 3. The van der Waals surface area contributed by atoms with Crippen molar-refractivity contribution < 1.29 is 18.0 Å². The lowest BCUT2D eigenvalue weighted by Gasteiger charge is -2.34. The van der Waals surface area contributed by atoms with Crippen molar-refractivity contribution in [3.63, 3.8) is 0 Å². The van der Waals surface area contributed by atoms with Gasteiger partial charge in [-0.2, -0.15) is 18.3 Å². The molecule has 1 aliphatic rings. The van der Waals surface area contributed by atoms with Gasteiger partial charge < -0.3 is 4.90 Å². The van der Waals surface area contributed by atoms with Crippen molar-refractivity contribution in [3.8, 4) is 11.3 Å². The minimum atomic E-state index is -4.68. The fourth-order valence-electron chi connectivity index (χ4n) is 4.89. The van der Waals surface area contributed by atoms with Crippen LogP contribution < -0.4 is 0 Å². The number of amides is 1. The average Bonchev–Trinajstić information content (AvgIpc) is 3.36. The zero-order chi connectivity index (χ0) is 26.3. The smallest absolute Gasteiger partial charge is 0.335 e. The zero-order valence-electron chi connectivity index (χ0n) is 20.4. The Hall–Kier alpha value is -4.24. The first-order chi connectivity index (χ1) is 18.3. The van der Waals surface area contributed by atoms with E-state index in [0.717, 1.165) is 27.9 Å². The SMILES string of the molecule is O=C(c1cc2nc(-c3ccc4ccccc4c3)cc(C(F)(F)F)n2n1)N1CCN(Cc2ccccc2)CC1. The van der Waals surface area contributed by atoms with Crippen LogP contribution in [0, 0.1) is 0 Å². The summed E-state index contributed by atoms with van der Waals surface area (Å²) in [5, 5.41) is 5.94. The molecule has 1 saturated heterocycles. The maximum atomic E-state index is 14.1. The quantitative estimate of drug-likeness (QED) is 0.316. The lowest BCUT2D eigenvalue weighted by molar-refractivity contribution is -0.142. The van der Waals surface area contributed by atoms with Crippen molar-refractivity contribution in [2.75, 3.05) is 26.2 Å². The maximum Gasteiger partial charge on any atom is 0.433 e. The molecule has 3 heterocycles. The molecule has 0 N–H and O–H groups in total. The van der Waals surface area contributed by atoms with Gasteiger partial charge in [-0.3, -0.25) is 9.69 Å². The van der Waals surface area contributed by atoms with E-state index in [2.05, 4.69) is 27.1 Å². The molecule has 1 aliphatic heterocycles. The minimum absolute atomic E-state index is 0.0194. The Balaban J connectivity index is 1.28. The Labute approximate surface area is 216 Å². The first-order valence-corrected chi connectivity index (χ1v) is 12.4. The molecule has 0 radical (unpaired) electrons. The Morgan fingerprint density at radius 3 is 2.26 bits per heavy atom. The number of benzene rings is 3. The third kappa shape index (κ3) is 4.72. The largest absolute Gasteiger partial charge is 0.433 e. The number of aromatic nitrogens is 3. The number of hydrogen-bond acceptors (Lipinski definition) is 4. The van der Waals surface area contributed by atoms with E-state index in [9.17, 15) is 18.0 Å². The van der Waals surface area contributed by atoms with Gasteiger partial charge in [0.1, 0.15) is 0 Å². The Morgan fingerprint density at radius 2 is 1.53 bits per heavy atom. The number of hydrogen-bond donors (Lipinski definition) is 0. The van der Waals surface area contributed by atoms with Crippen LogP contribution >= 0.6 is 0 Å². The van der Waals surface area contributed by atoms with Gasteiger partial charge in [-0.15, -0.1) is 0 Å². The number of rotatable bonds is 4. The molecule has 38 heavy (non-hydrogen) atoms. The second-order valence-corrected chi connectivity index (χ2v) is 9.44. The van der Waals surface area contributed by atoms with Crippen LogP contribution in [-0.4, -0.2) is 56.5 Å². The molecule has 0 unspecified atom stereocenters. The van der Waals surface area contributed by atoms with E-state index in [1.165, 1.54) is 11.6 Å². The summed E-state index contributed by atoms with van der Waals surface area (Å²) in [6.07, 6.45) is -4.68. The summed E-state index contributed by atoms with van der Waals surface area (Å²) in [5.41, 5.74) is 0.881. The van der Waals surface area contributed by atoms with E-state index < -0.39 is 17.8 Å². The fraction of sp³-hybridized carbons (Fsp3) is 0.207. The van der Waals surface area contributed by atoms with Crippen molar-refractivity contribution in [2.24, 2.45) is 0 Å². The first-order valence-electron chi connectivity index (χ1n) is 12.4. The zero-order valence-corrected chi connectivity index (χ0v) is 20.4. The highest BCUT2D eigenvalue weighted by atomic mass is 19.4. The third-order valence-electron chi connectivity index (χ3n) is 6.89. The Morgan fingerprint density at radius 1 is 0.816 bits per heavy atom. The molecule has 2 aromatic heterocycles. The molecule has 192 valence electrons. The highest BCUT2D eigenvalue weighted by Crippen LogP contribution is 2.33. The molecular formula is C29H24F3N5O. The van der Waals surface area contributed by atoms with E-state index in [1.807, 2.05) is 54.6 Å². The number of nitrogens with zero attached hydrogens (tertiary/aromatic N) is 5. The minimum Gasteiger partial charge on any atom is -0.335 e. The summed E-state index contributed by atoms with van der Waals surface area (Å²) < 4.78 is 42.9. The van der Waals surface area contributed by atoms with Crippen LogP contribution in [-0.2, 0) is 12.7 Å². The number of carbonyl (C=O) groups is 1. The highest BCUT2D eigenvalue weighted by molar-refractivity contribution is 5.93. The molecule has 0 saturated carbocycles. The Kier molecular flexibility index (Phi) is 6.07. The topological polar surface area (TPSA) is 53.7 Å². The Bertz CT molecular complexity index is 1620. The number of alkyl halides is 3. The van der Waals surface area contributed by atoms with Gasteiger partial charge in [0, 0.05) is 44.4 Å². The van der Waals surface area contributed by atoms with E-state index in [0.29, 0.717) is 31.7 Å². The second-order valence-electron chi connectivity index (χ2n) is 9.44. The first kappa shape index (κ1) is 24.1. The molecule has 1 amide bonds. The van der Waals surface area contributed by atoms with Crippen LogP contribution in [0.3, 0.4) is 0 Å². The summed E-state index contributed by atoms with van der Waals surface area (Å²) in [6.45, 7) is 3.08. The second kappa shape index (κ2) is 9.57. The van der Waals surface area contributed by atoms with Crippen molar-refractivity contribution in [2.45, 2.75) is 12.7 Å². The molecule has 5 aromatic rings. The molecule has 0 bridgehead atoms. The van der Waals surface area contributed by atoms with Gasteiger partial charge in [0.05, 0.1) is 5.69 Å². The monoisotopic (exact) mass is 515 g/mol. The predicted octanol–water partition coefficient (Wildman–Crippen LogP) is 5.53. The molecule has 1 fully saturated rings. The van der Waals surface area contributed by atoms with Crippen LogP contribution in [0.2, 0.25) is 0 Å². The van der Waals surface area contributed by atoms with Crippen molar-refractivity contribution in [1.82, 2.24) is 24.4 Å². The number of carbonyl (C=O) groups excluding carboxylic acids is 1. The van der Waals surface area contributed by atoms with Gasteiger partial charge in [0.25, 0.3) is 5.91 Å². The molecule has 6 nitrogen and oxygen atoms in total. The van der Waals surface area contributed by atoms with Crippen LogP contribution in [0.1, 0.15) is 21.7 Å². The number of fused-ring (bicyclic) bond motifs is 2. The lowest BCUT2D eigenvalue weighted by atomic mass is 10.0. The molecular weight excluding hydrogens is 491 g/mol. The predicted molar refractivity (Wildman–Crippen MR) is 139 cm³/mol. The fourth-order valence-corrected chi connectivity index (χ4v) is 4.89. The van der Waals surface area contributed by atoms with Gasteiger partial charge in [-0.1, -0.05) is 66.7 Å². The summed E-state index contributed by atoms with van der Waals surface area (Å²) in [5.74, 6) is -0.393. The van der Waals surface area contributed by atoms with E-state index in [1.54, 1.807) is 11.0 Å². The van der Waals surface area contributed by atoms with Gasteiger partial charge >= 0.3 is 6.18 Å². The number of piperazine rings is 1. The van der Waals surface area contributed by atoms with Gasteiger partial charge in [-0.25, -0.2) is 9.50 Å². The van der Waals surface area contributed by atoms with Gasteiger partial charge in [-0.05, 0) is 28.5 Å². The maximum absolute atomic E-state index is 14.1. The average molecular weight is 516 g/mol. The molecule has 0 aliphatic carbocycles. The molecule has 0 atom stereocenters. The molecule has 0 spiro atoms. The summed E-state index contributed by atoms with van der Waals surface area (Å²) in [4.78, 5) is 21.6. The highest BCUT2D eigenvalue weighted by Gasteiger charge is 2.36. The molecule has 9 heteroatoms. The normalized spacial score (nSPS) is 14.9. The van der Waals surface area contributed by atoms with E-state index >= 15 is 0 Å². The van der Waals surface area contributed by atoms with Crippen molar-refractivity contribution in [1.29, 1.82) is 0 Å². The summed E-state index contributed by atoms with van der Waals surface area (Å²) in [7, 11) is 0.